The van der Waals surface area contributed by atoms with E-state index in [2.05, 4.69) is 20.3 Å². The van der Waals surface area contributed by atoms with Crippen LogP contribution in [-0.4, -0.2) is 59.0 Å². The summed E-state index contributed by atoms with van der Waals surface area (Å²) in [5.41, 5.74) is 2.66. The van der Waals surface area contributed by atoms with E-state index < -0.39 is 0 Å². The highest BCUT2D eigenvalue weighted by molar-refractivity contribution is 6.33. The Morgan fingerprint density at radius 1 is 1.12 bits per heavy atom. The number of hydrogen-bond donors (Lipinski definition) is 1. The molecule has 2 heterocycles. The van der Waals surface area contributed by atoms with E-state index in [1.54, 1.807) is 41.2 Å². The molecule has 0 unspecified atom stereocenters. The molecule has 8 nitrogen and oxygen atoms in total. The summed E-state index contributed by atoms with van der Waals surface area (Å²) < 4.78 is 7.28. The smallest absolute Gasteiger partial charge is 0.317 e. The van der Waals surface area contributed by atoms with Crippen molar-refractivity contribution in [3.63, 3.8) is 0 Å². The van der Waals surface area contributed by atoms with Crippen LogP contribution in [-0.2, 0) is 6.54 Å². The molecule has 1 aliphatic rings. The van der Waals surface area contributed by atoms with E-state index in [9.17, 15) is 4.79 Å². The zero-order chi connectivity index (χ0) is 22.7. The molecule has 0 saturated carbocycles. The molecule has 0 radical (unpaired) electrons. The molecule has 2 amide bonds. The van der Waals surface area contributed by atoms with Gasteiger partial charge < -0.3 is 19.9 Å². The van der Waals surface area contributed by atoms with Gasteiger partial charge in [0.15, 0.2) is 0 Å². The van der Waals surface area contributed by atoms with Crippen molar-refractivity contribution in [3.8, 4) is 11.4 Å². The highest BCUT2D eigenvalue weighted by atomic mass is 35.5. The second kappa shape index (κ2) is 9.67. The number of benzene rings is 2. The highest BCUT2D eigenvalue weighted by Crippen LogP contribution is 2.29. The Morgan fingerprint density at radius 3 is 2.59 bits per heavy atom. The van der Waals surface area contributed by atoms with Crippen molar-refractivity contribution in [2.24, 2.45) is 0 Å². The van der Waals surface area contributed by atoms with E-state index in [4.69, 9.17) is 27.9 Å². The Hall–Kier alpha value is -2.97. The molecule has 0 aliphatic carbocycles. The van der Waals surface area contributed by atoms with Crippen LogP contribution in [0.25, 0.3) is 5.69 Å². The molecule has 10 heteroatoms. The van der Waals surface area contributed by atoms with Gasteiger partial charge in [-0.2, -0.15) is 5.10 Å². The first kappa shape index (κ1) is 22.2. The average Bonchev–Trinajstić information content (AvgIpc) is 3.25. The van der Waals surface area contributed by atoms with Gasteiger partial charge in [0, 0.05) is 54.5 Å². The topological polar surface area (TPSA) is 75.5 Å². The molecule has 1 fully saturated rings. The van der Waals surface area contributed by atoms with Gasteiger partial charge in [-0.05, 0) is 42.8 Å². The second-order valence-corrected chi connectivity index (χ2v) is 8.30. The van der Waals surface area contributed by atoms with E-state index in [1.165, 1.54) is 0 Å². The van der Waals surface area contributed by atoms with Crippen molar-refractivity contribution in [1.82, 2.24) is 25.0 Å². The molecular formula is C22H24Cl2N6O2. The summed E-state index contributed by atoms with van der Waals surface area (Å²) in [6.45, 7) is 4.84. The summed E-state index contributed by atoms with van der Waals surface area (Å²) in [6, 6.07) is 11.1. The van der Waals surface area contributed by atoms with Crippen LogP contribution < -0.4 is 15.0 Å². The van der Waals surface area contributed by atoms with E-state index in [0.717, 1.165) is 30.0 Å². The van der Waals surface area contributed by atoms with Crippen LogP contribution in [0.15, 0.2) is 42.7 Å². The molecule has 2 aromatic carbocycles. The summed E-state index contributed by atoms with van der Waals surface area (Å²) in [5, 5.41) is 8.45. The van der Waals surface area contributed by atoms with Crippen molar-refractivity contribution in [1.29, 1.82) is 0 Å². The van der Waals surface area contributed by atoms with Gasteiger partial charge in [0.05, 0.1) is 7.11 Å². The Morgan fingerprint density at radius 2 is 1.91 bits per heavy atom. The predicted octanol–water partition coefficient (Wildman–Crippen LogP) is 3.92. The number of anilines is 1. The third-order valence-corrected chi connectivity index (χ3v) is 5.99. The summed E-state index contributed by atoms with van der Waals surface area (Å²) in [6.07, 6.45) is 1.67. The number of aromatic nitrogens is 3. The van der Waals surface area contributed by atoms with Crippen LogP contribution >= 0.6 is 23.2 Å². The molecule has 168 valence electrons. The zero-order valence-electron chi connectivity index (χ0n) is 17.9. The third-order valence-electron chi connectivity index (χ3n) is 5.39. The van der Waals surface area contributed by atoms with Crippen molar-refractivity contribution in [2.45, 2.75) is 13.5 Å². The van der Waals surface area contributed by atoms with Crippen LogP contribution in [0.2, 0.25) is 10.0 Å². The first-order chi connectivity index (χ1) is 15.4. The van der Waals surface area contributed by atoms with Crippen molar-refractivity contribution in [3.05, 3.63) is 64.2 Å². The number of hydrogen-bond acceptors (Lipinski definition) is 5. The van der Waals surface area contributed by atoms with Crippen molar-refractivity contribution >= 4 is 34.9 Å². The van der Waals surface area contributed by atoms with E-state index in [1.807, 2.05) is 25.1 Å². The number of halogens is 2. The lowest BCUT2D eigenvalue weighted by Crippen LogP contribution is -2.51. The largest absolute Gasteiger partial charge is 0.494 e. The molecule has 32 heavy (non-hydrogen) atoms. The van der Waals surface area contributed by atoms with Gasteiger partial charge in [-0.25, -0.2) is 14.5 Å². The molecule has 3 aromatic rings. The number of urea groups is 1. The first-order valence-corrected chi connectivity index (χ1v) is 11.0. The fourth-order valence-corrected chi connectivity index (χ4v) is 4.02. The van der Waals surface area contributed by atoms with Crippen LogP contribution in [0.5, 0.6) is 5.75 Å². The predicted molar refractivity (Wildman–Crippen MR) is 125 cm³/mol. The Balaban J connectivity index is 1.36. The van der Waals surface area contributed by atoms with E-state index in [0.29, 0.717) is 41.3 Å². The lowest BCUT2D eigenvalue weighted by molar-refractivity contribution is 0.194. The fourth-order valence-electron chi connectivity index (χ4n) is 3.64. The van der Waals surface area contributed by atoms with Crippen LogP contribution in [0.1, 0.15) is 11.4 Å². The number of nitrogens with zero attached hydrogens (tertiary/aromatic N) is 5. The van der Waals surface area contributed by atoms with Crippen LogP contribution in [0, 0.1) is 6.92 Å². The summed E-state index contributed by atoms with van der Waals surface area (Å²) in [7, 11) is 1.64. The Bertz CT molecular complexity index is 1110. The SMILES string of the molecule is COc1cc(N2CCN(C(=O)NCc3cc(Cl)ccc3Cl)CC2)ccc1-n1cnc(C)n1. The molecule has 0 spiro atoms. The monoisotopic (exact) mass is 474 g/mol. The van der Waals surface area contributed by atoms with Crippen LogP contribution in [0.3, 0.4) is 0 Å². The van der Waals surface area contributed by atoms with Crippen LogP contribution in [0.4, 0.5) is 10.5 Å². The molecule has 0 atom stereocenters. The van der Waals surface area contributed by atoms with Crippen molar-refractivity contribution in [2.75, 3.05) is 38.2 Å². The molecule has 4 rings (SSSR count). The number of ether oxygens (including phenoxy) is 1. The first-order valence-electron chi connectivity index (χ1n) is 10.2. The van der Waals surface area contributed by atoms with Gasteiger partial charge in [0.1, 0.15) is 23.6 Å². The van der Waals surface area contributed by atoms with Gasteiger partial charge in [0.25, 0.3) is 0 Å². The minimum atomic E-state index is -0.116. The molecule has 1 saturated heterocycles. The number of carbonyl (C=O) groups excluding carboxylic acids is 1. The average molecular weight is 475 g/mol. The summed E-state index contributed by atoms with van der Waals surface area (Å²) >= 11 is 12.2. The maximum atomic E-state index is 12.6. The normalized spacial score (nSPS) is 13.9. The van der Waals surface area contributed by atoms with E-state index >= 15 is 0 Å². The maximum Gasteiger partial charge on any atom is 0.317 e. The van der Waals surface area contributed by atoms with Crippen molar-refractivity contribution < 1.29 is 9.53 Å². The lowest BCUT2D eigenvalue weighted by atomic mass is 10.2. The third kappa shape index (κ3) is 4.92. The highest BCUT2D eigenvalue weighted by Gasteiger charge is 2.22. The molecule has 1 aliphatic heterocycles. The Labute approximate surface area is 196 Å². The fraction of sp³-hybridized carbons (Fsp3) is 0.318. The molecular weight excluding hydrogens is 451 g/mol. The number of rotatable bonds is 5. The number of piperazine rings is 1. The molecule has 0 bridgehead atoms. The summed E-state index contributed by atoms with van der Waals surface area (Å²) in [4.78, 5) is 20.8. The summed E-state index contributed by atoms with van der Waals surface area (Å²) in [5.74, 6) is 1.41. The van der Waals surface area contributed by atoms with Gasteiger partial charge in [-0.3, -0.25) is 0 Å². The molecule has 1 aromatic heterocycles. The number of carbonyl (C=O) groups is 1. The maximum absolute atomic E-state index is 12.6. The zero-order valence-corrected chi connectivity index (χ0v) is 19.4. The van der Waals surface area contributed by atoms with Gasteiger partial charge in [0.2, 0.25) is 0 Å². The number of amides is 2. The second-order valence-electron chi connectivity index (χ2n) is 7.46. The van der Waals surface area contributed by atoms with E-state index in [-0.39, 0.29) is 6.03 Å². The minimum absolute atomic E-state index is 0.116. The standard InChI is InChI=1S/C22H24Cl2N6O2/c1-15-26-14-30(27-15)20-6-4-18(12-21(20)32-2)28-7-9-29(10-8-28)22(31)25-13-16-11-17(23)3-5-19(16)24/h3-6,11-12,14H,7-10,13H2,1-2H3,(H,25,31). The van der Waals surface area contributed by atoms with Gasteiger partial charge in [-0.1, -0.05) is 23.2 Å². The minimum Gasteiger partial charge on any atom is -0.494 e. The lowest BCUT2D eigenvalue weighted by Gasteiger charge is -2.36. The number of aryl methyl sites for hydroxylation is 1. The molecule has 1 N–H and O–H groups in total. The number of nitrogens with one attached hydrogen (secondary N) is 1. The van der Waals surface area contributed by atoms with Gasteiger partial charge in [-0.15, -0.1) is 0 Å². The quantitative estimate of drug-likeness (QED) is 0.606. The Kier molecular flexibility index (Phi) is 6.72. The van der Waals surface area contributed by atoms with Gasteiger partial charge >= 0.3 is 6.03 Å². The number of methoxy groups -OCH3 is 1.